The molecular weight excluding hydrogens is 465 g/mol. The molecule has 3 aromatic rings. The summed E-state index contributed by atoms with van der Waals surface area (Å²) in [6.07, 6.45) is 5.69. The first-order valence-electron chi connectivity index (χ1n) is 11.5. The molecule has 35 heavy (non-hydrogen) atoms. The largest absolute Gasteiger partial charge is 0.496 e. The molecule has 1 fully saturated rings. The van der Waals surface area contributed by atoms with Gasteiger partial charge < -0.3 is 10.1 Å². The van der Waals surface area contributed by atoms with E-state index in [2.05, 4.69) is 12.2 Å². The minimum atomic E-state index is -0.507. The second kappa shape index (κ2) is 10.7. The quantitative estimate of drug-likeness (QED) is 0.594. The van der Waals surface area contributed by atoms with Crippen LogP contribution < -0.4 is 24.8 Å². The van der Waals surface area contributed by atoms with Gasteiger partial charge in [0.15, 0.2) is 5.57 Å². The number of halogens is 1. The fourth-order valence-electron chi connectivity index (χ4n) is 4.37. The first kappa shape index (κ1) is 24.4. The number of amides is 1. The Morgan fingerprint density at radius 3 is 2.60 bits per heavy atom. The molecule has 1 aliphatic carbocycles. The van der Waals surface area contributed by atoms with Crippen LogP contribution in [0.5, 0.6) is 5.75 Å². The Morgan fingerprint density at radius 2 is 1.91 bits per heavy atom. The van der Waals surface area contributed by atoms with Crippen LogP contribution in [-0.4, -0.2) is 23.6 Å². The van der Waals surface area contributed by atoms with Crippen molar-refractivity contribution in [3.05, 3.63) is 79.5 Å². The third-order valence-electron chi connectivity index (χ3n) is 6.31. The molecule has 1 N–H and O–H groups in total. The van der Waals surface area contributed by atoms with E-state index in [1.807, 2.05) is 24.3 Å². The van der Waals surface area contributed by atoms with Crippen molar-refractivity contribution in [3.8, 4) is 17.5 Å². The molecule has 1 saturated carbocycles. The van der Waals surface area contributed by atoms with E-state index < -0.39 is 17.3 Å². The van der Waals surface area contributed by atoms with Gasteiger partial charge in [-0.05, 0) is 55.2 Å². The number of methoxy groups -OCH3 is 1. The number of aromatic nitrogens is 1. The minimum absolute atomic E-state index is 0.0230. The van der Waals surface area contributed by atoms with E-state index in [0.717, 1.165) is 37.0 Å². The first-order valence-corrected chi connectivity index (χ1v) is 12.3. The molecule has 2 aromatic carbocycles. The Kier molecular flexibility index (Phi) is 7.47. The Labute approximate surface area is 206 Å². The number of benzene rings is 2. The van der Waals surface area contributed by atoms with E-state index in [1.165, 1.54) is 28.8 Å². The molecule has 0 spiro atoms. The third kappa shape index (κ3) is 5.20. The predicted octanol–water partition coefficient (Wildman–Crippen LogP) is 3.24. The fourth-order valence-corrected chi connectivity index (χ4v) is 5.46. The minimum Gasteiger partial charge on any atom is -0.496 e. The molecule has 1 aromatic heterocycles. The Morgan fingerprint density at radius 1 is 1.20 bits per heavy atom. The lowest BCUT2D eigenvalue weighted by Crippen LogP contribution is -2.42. The average molecular weight is 492 g/mol. The lowest BCUT2D eigenvalue weighted by Gasteiger charge is -2.29. The summed E-state index contributed by atoms with van der Waals surface area (Å²) in [5.41, 5.74) is 0.502. The highest BCUT2D eigenvalue weighted by Crippen LogP contribution is 2.24. The summed E-state index contributed by atoms with van der Waals surface area (Å²) in [5, 5.41) is 13.0. The molecule has 1 amide bonds. The molecule has 180 valence electrons. The number of nitrogens with zero attached hydrogens (tertiary/aromatic N) is 2. The summed E-state index contributed by atoms with van der Waals surface area (Å²) < 4.78 is 20.8. The van der Waals surface area contributed by atoms with E-state index in [-0.39, 0.29) is 16.3 Å². The molecule has 0 bridgehead atoms. The molecule has 0 radical (unpaired) electrons. The number of para-hydroxylation sites is 1. The van der Waals surface area contributed by atoms with Crippen LogP contribution >= 0.6 is 11.3 Å². The van der Waals surface area contributed by atoms with Crippen molar-refractivity contribution in [2.45, 2.75) is 38.6 Å². The SMILES string of the molecule is COc1ccccc1/C=c1\s/c(=C(/C#N)C(=O)N[C@@H]2CCCC[C@H]2C)n(-c2ccc(F)cc2)c1=O. The van der Waals surface area contributed by atoms with Gasteiger partial charge in [-0.3, -0.25) is 14.2 Å². The van der Waals surface area contributed by atoms with E-state index in [0.29, 0.717) is 27.5 Å². The Balaban J connectivity index is 1.93. The van der Waals surface area contributed by atoms with Gasteiger partial charge in [-0.15, -0.1) is 11.3 Å². The number of rotatable bonds is 5. The molecule has 2 atom stereocenters. The van der Waals surface area contributed by atoms with Crippen LogP contribution in [0.2, 0.25) is 0 Å². The van der Waals surface area contributed by atoms with Gasteiger partial charge in [-0.1, -0.05) is 38.0 Å². The normalized spacial score (nSPS) is 19.1. The Bertz CT molecular complexity index is 1450. The molecule has 1 heterocycles. The van der Waals surface area contributed by atoms with Gasteiger partial charge in [0.1, 0.15) is 22.3 Å². The number of nitriles is 1. The highest BCUT2D eigenvalue weighted by atomic mass is 32.1. The maximum Gasteiger partial charge on any atom is 0.273 e. The number of hydrogen-bond acceptors (Lipinski definition) is 5. The topological polar surface area (TPSA) is 84.1 Å². The lowest BCUT2D eigenvalue weighted by atomic mass is 9.86. The zero-order valence-corrected chi connectivity index (χ0v) is 20.4. The summed E-state index contributed by atoms with van der Waals surface area (Å²) in [5.74, 6) is -0.0616. The summed E-state index contributed by atoms with van der Waals surface area (Å²) in [7, 11) is 1.54. The van der Waals surface area contributed by atoms with E-state index in [1.54, 1.807) is 19.3 Å². The van der Waals surface area contributed by atoms with Crippen LogP contribution in [-0.2, 0) is 4.79 Å². The van der Waals surface area contributed by atoms with Crippen molar-refractivity contribution in [3.63, 3.8) is 0 Å². The maximum absolute atomic E-state index is 13.6. The highest BCUT2D eigenvalue weighted by Gasteiger charge is 2.25. The van der Waals surface area contributed by atoms with Gasteiger partial charge in [0.05, 0.1) is 17.3 Å². The number of carbonyl (C=O) groups is 1. The molecule has 6 nitrogen and oxygen atoms in total. The van der Waals surface area contributed by atoms with Gasteiger partial charge in [-0.2, -0.15) is 5.26 Å². The fraction of sp³-hybridized carbons (Fsp3) is 0.296. The van der Waals surface area contributed by atoms with Crippen LogP contribution in [0.4, 0.5) is 4.39 Å². The van der Waals surface area contributed by atoms with E-state index in [4.69, 9.17) is 4.74 Å². The lowest BCUT2D eigenvalue weighted by molar-refractivity contribution is -0.116. The van der Waals surface area contributed by atoms with Gasteiger partial charge in [-0.25, -0.2) is 4.39 Å². The van der Waals surface area contributed by atoms with Crippen molar-refractivity contribution in [1.29, 1.82) is 5.26 Å². The van der Waals surface area contributed by atoms with Crippen molar-refractivity contribution in [2.75, 3.05) is 7.11 Å². The monoisotopic (exact) mass is 491 g/mol. The number of nitrogens with one attached hydrogen (secondary N) is 1. The van der Waals surface area contributed by atoms with Crippen LogP contribution in [0.15, 0.2) is 53.3 Å². The number of carbonyl (C=O) groups excluding carboxylic acids is 1. The van der Waals surface area contributed by atoms with Crippen molar-refractivity contribution < 1.29 is 13.9 Å². The van der Waals surface area contributed by atoms with Crippen molar-refractivity contribution in [2.24, 2.45) is 5.92 Å². The average Bonchev–Trinajstić information content (AvgIpc) is 3.17. The van der Waals surface area contributed by atoms with Crippen LogP contribution in [0.25, 0.3) is 17.3 Å². The summed E-state index contributed by atoms with van der Waals surface area (Å²) in [6, 6.07) is 14.6. The summed E-state index contributed by atoms with van der Waals surface area (Å²) >= 11 is 1.05. The molecule has 0 saturated heterocycles. The maximum atomic E-state index is 13.6. The zero-order valence-electron chi connectivity index (χ0n) is 19.6. The van der Waals surface area contributed by atoms with Gasteiger partial charge in [0.2, 0.25) is 0 Å². The van der Waals surface area contributed by atoms with Gasteiger partial charge in [0, 0.05) is 11.6 Å². The van der Waals surface area contributed by atoms with Gasteiger partial charge >= 0.3 is 0 Å². The smallest absolute Gasteiger partial charge is 0.273 e. The molecule has 4 rings (SSSR count). The second-order valence-corrected chi connectivity index (χ2v) is 9.63. The predicted molar refractivity (Wildman–Crippen MR) is 134 cm³/mol. The second-order valence-electron chi connectivity index (χ2n) is 8.60. The molecular formula is C27H26FN3O3S. The van der Waals surface area contributed by atoms with E-state index >= 15 is 0 Å². The standard InChI is InChI=1S/C27H26FN3O3S/c1-17-7-3-5-9-22(17)30-25(32)21(16-29)27-31(20-13-11-19(28)12-14-20)26(33)24(35-27)15-18-8-4-6-10-23(18)34-2/h4,6,8,10-15,17,22H,3,5,7,9H2,1-2H3,(H,30,32)/b24-15-,27-21-/t17-,22-/m1/s1. The highest BCUT2D eigenvalue weighted by molar-refractivity contribution is 7.07. The third-order valence-corrected chi connectivity index (χ3v) is 7.41. The first-order chi connectivity index (χ1) is 16.9. The van der Waals surface area contributed by atoms with Crippen LogP contribution in [0.3, 0.4) is 0 Å². The summed E-state index contributed by atoms with van der Waals surface area (Å²) in [6.45, 7) is 2.09. The van der Waals surface area contributed by atoms with Gasteiger partial charge in [0.25, 0.3) is 11.5 Å². The van der Waals surface area contributed by atoms with Crippen LogP contribution in [0, 0.1) is 23.1 Å². The number of thiazole rings is 1. The number of hydrogen-bond donors (Lipinski definition) is 1. The van der Waals surface area contributed by atoms with Crippen LogP contribution in [0.1, 0.15) is 38.2 Å². The molecule has 1 aliphatic rings. The molecule has 0 aliphatic heterocycles. The van der Waals surface area contributed by atoms with Crippen molar-refractivity contribution >= 4 is 28.9 Å². The number of ether oxygens (including phenoxy) is 1. The zero-order chi connectivity index (χ0) is 24.9. The van der Waals surface area contributed by atoms with E-state index in [9.17, 15) is 19.2 Å². The summed E-state index contributed by atoms with van der Waals surface area (Å²) in [4.78, 5) is 26.8. The Hall–Kier alpha value is -3.70. The molecule has 0 unspecified atom stereocenters. The van der Waals surface area contributed by atoms with Crippen molar-refractivity contribution in [1.82, 2.24) is 9.88 Å². The molecule has 8 heteroatoms.